The summed E-state index contributed by atoms with van der Waals surface area (Å²) in [5.74, 6) is 0. The number of alkyl halides is 3. The molecule has 0 heterocycles. The summed E-state index contributed by atoms with van der Waals surface area (Å²) in [5, 5.41) is 3.21. The number of nitrogen functional groups attached to an aromatic ring is 1. The van der Waals surface area contributed by atoms with E-state index in [1.807, 2.05) is 11.8 Å². The van der Waals surface area contributed by atoms with Crippen molar-refractivity contribution in [2.24, 2.45) is 0 Å². The maximum Gasteiger partial charge on any atom is 0.416 e. The molecule has 0 atom stereocenters. The van der Waals surface area contributed by atoms with Crippen LogP contribution in [-0.4, -0.2) is 17.5 Å². The molecule has 1 aliphatic rings. The molecule has 1 aliphatic carbocycles. The van der Waals surface area contributed by atoms with Crippen molar-refractivity contribution in [1.82, 2.24) is 0 Å². The molecule has 0 saturated heterocycles. The van der Waals surface area contributed by atoms with E-state index in [0.717, 1.165) is 31.5 Å². The molecule has 112 valence electrons. The molecule has 0 aromatic heterocycles. The number of hydrogen-bond donors (Lipinski definition) is 2. The molecule has 0 spiro atoms. The molecule has 0 aliphatic heterocycles. The Balaban J connectivity index is 2.07. The molecule has 0 radical (unpaired) electrons. The zero-order chi connectivity index (χ0) is 14.8. The van der Waals surface area contributed by atoms with Gasteiger partial charge in [0.1, 0.15) is 0 Å². The van der Waals surface area contributed by atoms with Crippen LogP contribution in [0, 0.1) is 0 Å². The van der Waals surface area contributed by atoms with Gasteiger partial charge in [-0.05, 0) is 37.3 Å². The van der Waals surface area contributed by atoms with Gasteiger partial charge in [-0.1, -0.05) is 12.8 Å². The third-order valence-electron chi connectivity index (χ3n) is 3.93. The van der Waals surface area contributed by atoms with Crippen LogP contribution in [0.4, 0.5) is 24.5 Å². The second kappa shape index (κ2) is 5.76. The first-order valence-corrected chi connectivity index (χ1v) is 7.84. The van der Waals surface area contributed by atoms with E-state index in [-0.39, 0.29) is 10.4 Å². The van der Waals surface area contributed by atoms with Crippen molar-refractivity contribution in [3.8, 4) is 0 Å². The lowest BCUT2D eigenvalue weighted by atomic mass is 10.1. The molecule has 1 aromatic rings. The van der Waals surface area contributed by atoms with Crippen molar-refractivity contribution in [2.75, 3.05) is 23.9 Å². The molecule has 0 unspecified atom stereocenters. The number of rotatable bonds is 4. The number of nitrogens with two attached hydrogens (primary N) is 1. The van der Waals surface area contributed by atoms with Crippen LogP contribution in [0.5, 0.6) is 0 Å². The summed E-state index contributed by atoms with van der Waals surface area (Å²) in [6.07, 6.45) is 2.45. The monoisotopic (exact) mass is 304 g/mol. The molecule has 1 fully saturated rings. The Morgan fingerprint density at radius 1 is 1.30 bits per heavy atom. The third-order valence-corrected chi connectivity index (χ3v) is 5.35. The number of thioether (sulfide) groups is 1. The van der Waals surface area contributed by atoms with Crippen LogP contribution in [0.15, 0.2) is 18.2 Å². The Labute approximate surface area is 121 Å². The fourth-order valence-corrected chi connectivity index (χ4v) is 3.54. The van der Waals surface area contributed by atoms with Crippen molar-refractivity contribution >= 4 is 23.1 Å². The van der Waals surface area contributed by atoms with E-state index in [1.54, 1.807) is 0 Å². The lowest BCUT2D eigenvalue weighted by Gasteiger charge is -2.28. The van der Waals surface area contributed by atoms with Gasteiger partial charge < -0.3 is 11.1 Å². The van der Waals surface area contributed by atoms with Gasteiger partial charge in [0.15, 0.2) is 0 Å². The molecule has 1 aromatic carbocycles. The minimum Gasteiger partial charge on any atom is -0.397 e. The minimum atomic E-state index is -4.35. The summed E-state index contributed by atoms with van der Waals surface area (Å²) in [6.45, 7) is 0.740. The lowest BCUT2D eigenvalue weighted by molar-refractivity contribution is -0.137. The molecule has 6 heteroatoms. The molecule has 0 amide bonds. The molecule has 2 rings (SSSR count). The largest absolute Gasteiger partial charge is 0.416 e. The number of nitrogens with one attached hydrogen (secondary N) is 1. The van der Waals surface area contributed by atoms with Crippen molar-refractivity contribution in [2.45, 2.75) is 36.6 Å². The van der Waals surface area contributed by atoms with E-state index in [4.69, 9.17) is 5.73 Å². The minimum absolute atomic E-state index is 0.147. The smallest absolute Gasteiger partial charge is 0.397 e. The summed E-state index contributed by atoms with van der Waals surface area (Å²) < 4.78 is 37.9. The average molecular weight is 304 g/mol. The van der Waals surface area contributed by atoms with Gasteiger partial charge >= 0.3 is 6.18 Å². The van der Waals surface area contributed by atoms with Gasteiger partial charge in [0.05, 0.1) is 16.9 Å². The topological polar surface area (TPSA) is 38.0 Å². The Bertz CT molecular complexity index is 468. The highest BCUT2D eigenvalue weighted by Crippen LogP contribution is 2.40. The molecule has 1 saturated carbocycles. The third kappa shape index (κ3) is 3.34. The van der Waals surface area contributed by atoms with Crippen LogP contribution >= 0.6 is 11.8 Å². The van der Waals surface area contributed by atoms with E-state index < -0.39 is 11.7 Å². The van der Waals surface area contributed by atoms with Crippen LogP contribution in [0.25, 0.3) is 0 Å². The van der Waals surface area contributed by atoms with Crippen LogP contribution in [0.1, 0.15) is 31.2 Å². The fraction of sp³-hybridized carbons (Fsp3) is 0.571. The van der Waals surface area contributed by atoms with Gasteiger partial charge in [0.25, 0.3) is 0 Å². The van der Waals surface area contributed by atoms with Crippen LogP contribution in [0.2, 0.25) is 0 Å². The van der Waals surface area contributed by atoms with E-state index in [9.17, 15) is 13.2 Å². The standard InChI is InChI=1S/C14H19F3N2S/c1-20-13(6-2-3-7-13)9-19-12-5-4-10(8-11(12)18)14(15,16)17/h4-5,8,19H,2-3,6-7,9,18H2,1H3. The van der Waals surface area contributed by atoms with E-state index in [2.05, 4.69) is 11.6 Å². The van der Waals surface area contributed by atoms with Gasteiger partial charge in [0.2, 0.25) is 0 Å². The summed E-state index contributed by atoms with van der Waals surface area (Å²) in [7, 11) is 0. The van der Waals surface area contributed by atoms with E-state index in [0.29, 0.717) is 5.69 Å². The van der Waals surface area contributed by atoms with Gasteiger partial charge in [-0.3, -0.25) is 0 Å². The Morgan fingerprint density at radius 2 is 1.95 bits per heavy atom. The first-order valence-electron chi connectivity index (χ1n) is 6.62. The highest BCUT2D eigenvalue weighted by atomic mass is 32.2. The van der Waals surface area contributed by atoms with Crippen LogP contribution in [-0.2, 0) is 6.18 Å². The summed E-state index contributed by atoms with van der Waals surface area (Å²) >= 11 is 1.83. The Kier molecular flexibility index (Phi) is 4.42. The average Bonchev–Trinajstić information content (AvgIpc) is 2.85. The van der Waals surface area contributed by atoms with Crippen LogP contribution in [0.3, 0.4) is 0 Å². The summed E-state index contributed by atoms with van der Waals surface area (Å²) in [6, 6.07) is 3.48. The van der Waals surface area contributed by atoms with E-state index in [1.165, 1.54) is 18.9 Å². The highest BCUT2D eigenvalue weighted by Gasteiger charge is 2.33. The summed E-state index contributed by atoms with van der Waals surface area (Å²) in [4.78, 5) is 0. The molecule has 20 heavy (non-hydrogen) atoms. The molecule has 3 N–H and O–H groups in total. The number of anilines is 2. The number of hydrogen-bond acceptors (Lipinski definition) is 3. The normalized spacial score (nSPS) is 18.2. The molecule has 0 bridgehead atoms. The first-order chi connectivity index (χ1) is 9.36. The zero-order valence-electron chi connectivity index (χ0n) is 11.4. The quantitative estimate of drug-likeness (QED) is 0.811. The molecular weight excluding hydrogens is 285 g/mol. The first kappa shape index (κ1) is 15.4. The second-order valence-corrected chi connectivity index (χ2v) is 6.52. The maximum atomic E-state index is 12.6. The van der Waals surface area contributed by atoms with Crippen LogP contribution < -0.4 is 11.1 Å². The predicted molar refractivity (Wildman–Crippen MR) is 79.1 cm³/mol. The van der Waals surface area contributed by atoms with Gasteiger partial charge in [-0.2, -0.15) is 24.9 Å². The van der Waals surface area contributed by atoms with Crippen molar-refractivity contribution in [3.05, 3.63) is 23.8 Å². The molecule has 2 nitrogen and oxygen atoms in total. The lowest BCUT2D eigenvalue weighted by Crippen LogP contribution is -2.30. The number of halogens is 3. The predicted octanol–water partition coefficient (Wildman–Crippen LogP) is 4.38. The fourth-order valence-electron chi connectivity index (χ4n) is 2.63. The Morgan fingerprint density at radius 3 is 2.45 bits per heavy atom. The zero-order valence-corrected chi connectivity index (χ0v) is 12.2. The highest BCUT2D eigenvalue weighted by molar-refractivity contribution is 8.00. The maximum absolute atomic E-state index is 12.6. The van der Waals surface area contributed by atoms with Crippen molar-refractivity contribution in [3.63, 3.8) is 0 Å². The Hall–Kier alpha value is -1.04. The number of benzene rings is 1. The van der Waals surface area contributed by atoms with Gasteiger partial charge in [-0.15, -0.1) is 0 Å². The SMILES string of the molecule is CSC1(CNc2ccc(C(F)(F)F)cc2N)CCCC1. The van der Waals surface area contributed by atoms with Gasteiger partial charge in [-0.25, -0.2) is 0 Å². The van der Waals surface area contributed by atoms with E-state index >= 15 is 0 Å². The van der Waals surface area contributed by atoms with Crippen molar-refractivity contribution in [1.29, 1.82) is 0 Å². The molecular formula is C14H19F3N2S. The second-order valence-electron chi connectivity index (χ2n) is 5.25. The van der Waals surface area contributed by atoms with Gasteiger partial charge in [0, 0.05) is 11.3 Å². The summed E-state index contributed by atoms with van der Waals surface area (Å²) in [5.41, 5.74) is 5.74. The van der Waals surface area contributed by atoms with Crippen molar-refractivity contribution < 1.29 is 13.2 Å².